The van der Waals surface area contributed by atoms with Gasteiger partial charge < -0.3 is 0 Å². The van der Waals surface area contributed by atoms with E-state index in [4.69, 9.17) is 0 Å². The fourth-order valence-corrected chi connectivity index (χ4v) is 8.16. The molecule has 2 aromatic rings. The first kappa shape index (κ1) is 23.1. The number of aromatic nitrogens is 2. The van der Waals surface area contributed by atoms with Crippen LogP contribution in [-0.4, -0.2) is 36.4 Å². The minimum absolute atomic E-state index is 0.0103. The summed E-state index contributed by atoms with van der Waals surface area (Å²) in [6, 6.07) is 7.56. The summed E-state index contributed by atoms with van der Waals surface area (Å²) in [6.45, 7) is 10.5. The molecule has 2 atom stereocenters. The lowest BCUT2D eigenvalue weighted by atomic mass is 9.70. The predicted molar refractivity (Wildman–Crippen MR) is 131 cm³/mol. The first-order valence-electron chi connectivity index (χ1n) is 12.0. The van der Waals surface area contributed by atoms with Crippen LogP contribution < -0.4 is 9.73 Å². The minimum atomic E-state index is -3.79. The number of rotatable bonds is 5. The highest BCUT2D eigenvalue weighted by molar-refractivity contribution is 7.93. The molecule has 1 N–H and O–H groups in total. The Kier molecular flexibility index (Phi) is 5.20. The summed E-state index contributed by atoms with van der Waals surface area (Å²) in [6.07, 6.45) is 3.91. The fourth-order valence-electron chi connectivity index (χ4n) is 6.27. The molecule has 2 aliphatic carbocycles. The number of nitrogens with zero attached hydrogens (tertiary/aromatic N) is 4. The first-order valence-corrected chi connectivity index (χ1v) is 13.4. The van der Waals surface area contributed by atoms with Crippen LogP contribution in [0.15, 0.2) is 34.3 Å². The minimum Gasteiger partial charge on any atom is -0.271 e. The molecule has 2 heterocycles. The van der Waals surface area contributed by atoms with Crippen molar-refractivity contribution in [2.45, 2.75) is 71.7 Å². The van der Waals surface area contributed by atoms with E-state index in [9.17, 15) is 13.2 Å². The zero-order valence-corrected chi connectivity index (χ0v) is 21.4. The van der Waals surface area contributed by atoms with E-state index in [1.165, 1.54) is 15.4 Å². The maximum Gasteiger partial charge on any atom is 0.268 e. The average Bonchev–Trinajstić information content (AvgIpc) is 3.44. The van der Waals surface area contributed by atoms with Crippen molar-refractivity contribution in [1.82, 2.24) is 15.2 Å². The van der Waals surface area contributed by atoms with E-state index >= 15 is 0 Å². The molecule has 182 valence electrons. The van der Waals surface area contributed by atoms with Crippen LogP contribution in [0, 0.1) is 30.6 Å². The zero-order chi connectivity index (χ0) is 24.5. The van der Waals surface area contributed by atoms with E-state index in [1.54, 1.807) is 13.8 Å². The molecule has 3 aliphatic rings. The maximum atomic E-state index is 13.6. The Labute approximate surface area is 201 Å². The number of amides is 1. The van der Waals surface area contributed by atoms with Gasteiger partial charge in [0, 0.05) is 17.7 Å². The van der Waals surface area contributed by atoms with Gasteiger partial charge in [0.2, 0.25) is 0 Å². The molecule has 0 spiro atoms. The maximum absolute atomic E-state index is 13.6. The van der Waals surface area contributed by atoms with Gasteiger partial charge in [-0.15, -0.1) is 0 Å². The third-order valence-electron chi connectivity index (χ3n) is 8.83. The lowest BCUT2D eigenvalue weighted by Gasteiger charge is -2.34. The van der Waals surface area contributed by atoms with Gasteiger partial charge in [-0.3, -0.25) is 13.8 Å². The molecule has 1 aromatic carbocycles. The predicted octanol–water partition coefficient (Wildman–Crippen LogP) is 3.57. The molecular weight excluding hydrogens is 450 g/mol. The summed E-state index contributed by atoms with van der Waals surface area (Å²) in [7, 11) is -3.79. The highest BCUT2D eigenvalue weighted by Crippen LogP contribution is 2.63. The SMILES string of the molecule is Cc1nn(CC(=O)N/N=C2/CC3CCC2(C)C3(C)C)c(C)c1S(=O)(=O)N1CCc2ccccc21. The largest absolute Gasteiger partial charge is 0.271 e. The Bertz CT molecular complexity index is 1310. The number of hydrogen-bond donors (Lipinski definition) is 1. The summed E-state index contributed by atoms with van der Waals surface area (Å²) in [5, 5.41) is 8.91. The summed E-state index contributed by atoms with van der Waals surface area (Å²) < 4.78 is 30.0. The molecule has 8 nitrogen and oxygen atoms in total. The molecule has 1 amide bonds. The van der Waals surface area contributed by atoms with Gasteiger partial charge in [-0.1, -0.05) is 39.0 Å². The number of hydrazone groups is 1. The number of hydrogen-bond acceptors (Lipinski definition) is 5. The Morgan fingerprint density at radius 1 is 1.24 bits per heavy atom. The first-order chi connectivity index (χ1) is 16.0. The number of nitrogens with one attached hydrogen (secondary N) is 1. The van der Waals surface area contributed by atoms with Crippen LogP contribution in [0.2, 0.25) is 0 Å². The van der Waals surface area contributed by atoms with E-state index in [-0.39, 0.29) is 28.2 Å². The van der Waals surface area contributed by atoms with Crippen molar-refractivity contribution >= 4 is 27.3 Å². The van der Waals surface area contributed by atoms with Crippen molar-refractivity contribution in [1.29, 1.82) is 0 Å². The number of benzene rings is 1. The number of carbonyl (C=O) groups excluding carboxylic acids is 1. The molecule has 2 bridgehead atoms. The Hall–Kier alpha value is -2.68. The van der Waals surface area contributed by atoms with Gasteiger partial charge in [-0.25, -0.2) is 13.8 Å². The van der Waals surface area contributed by atoms with Crippen molar-refractivity contribution in [3.63, 3.8) is 0 Å². The van der Waals surface area contributed by atoms with Crippen molar-refractivity contribution in [3.05, 3.63) is 41.2 Å². The van der Waals surface area contributed by atoms with Gasteiger partial charge in [-0.05, 0) is 62.5 Å². The van der Waals surface area contributed by atoms with Crippen LogP contribution in [0.1, 0.15) is 57.0 Å². The van der Waals surface area contributed by atoms with Crippen LogP contribution in [-0.2, 0) is 27.8 Å². The summed E-state index contributed by atoms with van der Waals surface area (Å²) in [5.74, 6) is 0.297. The summed E-state index contributed by atoms with van der Waals surface area (Å²) >= 11 is 0. The van der Waals surface area contributed by atoms with Crippen LogP contribution in [0.25, 0.3) is 0 Å². The molecule has 5 rings (SSSR count). The van der Waals surface area contributed by atoms with Gasteiger partial charge >= 0.3 is 0 Å². The van der Waals surface area contributed by atoms with E-state index in [0.29, 0.717) is 36.0 Å². The molecule has 1 aromatic heterocycles. The number of fused-ring (bicyclic) bond motifs is 3. The molecule has 2 unspecified atom stereocenters. The monoisotopic (exact) mass is 483 g/mol. The average molecular weight is 484 g/mol. The molecule has 9 heteroatoms. The van der Waals surface area contributed by atoms with Gasteiger partial charge in [0.15, 0.2) is 0 Å². The molecular formula is C25H33N5O3S. The van der Waals surface area contributed by atoms with Gasteiger partial charge in [0.1, 0.15) is 11.4 Å². The second kappa shape index (κ2) is 7.66. The lowest BCUT2D eigenvalue weighted by molar-refractivity contribution is -0.121. The van der Waals surface area contributed by atoms with Crippen molar-refractivity contribution in [2.24, 2.45) is 21.8 Å². The van der Waals surface area contributed by atoms with Crippen LogP contribution in [0.5, 0.6) is 0 Å². The normalized spacial score (nSPS) is 26.3. The molecule has 2 saturated carbocycles. The molecule has 0 saturated heterocycles. The van der Waals surface area contributed by atoms with E-state index < -0.39 is 10.0 Å². The fraction of sp³-hybridized carbons (Fsp3) is 0.560. The third kappa shape index (κ3) is 3.23. The standard InChI is InChI=1S/C25H33N5O3S/c1-16-23(34(32,33)30-13-11-18-8-6-7-9-20(18)30)17(2)29(28-16)15-22(31)27-26-21-14-19-10-12-25(21,5)24(19,3)4/h6-9,19H,10-15H2,1-5H3,(H,27,31)/b26-21-. The van der Waals surface area contributed by atoms with Crippen molar-refractivity contribution < 1.29 is 13.2 Å². The Balaban J connectivity index is 1.35. The summed E-state index contributed by atoms with van der Waals surface area (Å²) in [4.78, 5) is 12.9. The molecule has 0 radical (unpaired) electrons. The lowest BCUT2D eigenvalue weighted by Crippen LogP contribution is -2.34. The summed E-state index contributed by atoms with van der Waals surface area (Å²) in [5.41, 5.74) is 6.55. The van der Waals surface area contributed by atoms with Crippen LogP contribution in [0.4, 0.5) is 5.69 Å². The van der Waals surface area contributed by atoms with Gasteiger partial charge in [0.05, 0.1) is 17.1 Å². The Morgan fingerprint density at radius 2 is 1.97 bits per heavy atom. The quantitative estimate of drug-likeness (QED) is 0.658. The van der Waals surface area contributed by atoms with E-state index in [1.807, 2.05) is 24.3 Å². The third-order valence-corrected chi connectivity index (χ3v) is 10.9. The second-order valence-corrected chi connectivity index (χ2v) is 12.5. The van der Waals surface area contributed by atoms with Crippen LogP contribution >= 0.6 is 0 Å². The van der Waals surface area contributed by atoms with Crippen LogP contribution in [0.3, 0.4) is 0 Å². The molecule has 1 aliphatic heterocycles. The smallest absolute Gasteiger partial charge is 0.268 e. The highest BCUT2D eigenvalue weighted by Gasteiger charge is 2.60. The van der Waals surface area contributed by atoms with E-state index in [2.05, 4.69) is 36.4 Å². The van der Waals surface area contributed by atoms with Crippen molar-refractivity contribution in [3.8, 4) is 0 Å². The van der Waals surface area contributed by atoms with Crippen molar-refractivity contribution in [2.75, 3.05) is 10.8 Å². The number of anilines is 1. The highest BCUT2D eigenvalue weighted by atomic mass is 32.2. The number of para-hydroxylation sites is 1. The topological polar surface area (TPSA) is 96.7 Å². The Morgan fingerprint density at radius 3 is 2.65 bits per heavy atom. The number of sulfonamides is 1. The number of carbonyl (C=O) groups is 1. The van der Waals surface area contributed by atoms with E-state index in [0.717, 1.165) is 24.1 Å². The zero-order valence-electron chi connectivity index (χ0n) is 20.6. The number of aryl methyl sites for hydroxylation is 1. The molecule has 34 heavy (non-hydrogen) atoms. The second-order valence-electron chi connectivity index (χ2n) is 10.7. The van der Waals surface area contributed by atoms with Gasteiger partial charge in [0.25, 0.3) is 15.9 Å². The molecule has 2 fully saturated rings. The van der Waals surface area contributed by atoms with Gasteiger partial charge in [-0.2, -0.15) is 10.2 Å².